The van der Waals surface area contributed by atoms with Gasteiger partial charge in [-0.2, -0.15) is 0 Å². The van der Waals surface area contributed by atoms with Gasteiger partial charge < -0.3 is 9.64 Å². The molecule has 0 unspecified atom stereocenters. The van der Waals surface area contributed by atoms with Crippen LogP contribution in [0.5, 0.6) is 5.75 Å². The first kappa shape index (κ1) is 17.3. The number of amides is 1. The number of nitrogens with one attached hydrogen (secondary N) is 1. The minimum atomic E-state index is -3.69. The normalized spacial score (nSPS) is 14.4. The predicted molar refractivity (Wildman–Crippen MR) is 95.4 cm³/mol. The highest BCUT2D eigenvalue weighted by molar-refractivity contribution is 7.92. The first-order valence-electron chi connectivity index (χ1n) is 8.06. The van der Waals surface area contributed by atoms with Crippen LogP contribution in [0.25, 0.3) is 0 Å². The average molecular weight is 360 g/mol. The Hall–Kier alpha value is -2.54. The average Bonchev–Trinajstić information content (AvgIpc) is 3.16. The molecule has 2 aromatic carbocycles. The summed E-state index contributed by atoms with van der Waals surface area (Å²) in [5.74, 6) is 0.575. The van der Waals surface area contributed by atoms with Gasteiger partial charge in [-0.1, -0.05) is 0 Å². The quantitative estimate of drug-likeness (QED) is 0.890. The molecule has 1 fully saturated rings. The summed E-state index contributed by atoms with van der Waals surface area (Å²) in [6.07, 6.45) is 2.07. The zero-order chi connectivity index (χ0) is 17.9. The molecule has 0 spiro atoms. The van der Waals surface area contributed by atoms with Crippen LogP contribution in [-0.2, 0) is 10.0 Å². The molecule has 1 aliphatic rings. The summed E-state index contributed by atoms with van der Waals surface area (Å²) in [5.41, 5.74) is 0.975. The maximum atomic E-state index is 12.4. The van der Waals surface area contributed by atoms with E-state index in [9.17, 15) is 13.2 Å². The van der Waals surface area contributed by atoms with Gasteiger partial charge in [-0.15, -0.1) is 0 Å². The van der Waals surface area contributed by atoms with Crippen LogP contribution >= 0.6 is 0 Å². The fourth-order valence-electron chi connectivity index (χ4n) is 2.75. The molecule has 0 saturated carbocycles. The Bertz CT molecular complexity index is 840. The van der Waals surface area contributed by atoms with E-state index in [1.807, 2.05) is 4.90 Å². The van der Waals surface area contributed by atoms with Gasteiger partial charge in [0.2, 0.25) is 0 Å². The highest BCUT2D eigenvalue weighted by atomic mass is 32.2. The van der Waals surface area contributed by atoms with E-state index in [2.05, 4.69) is 4.72 Å². The zero-order valence-corrected chi connectivity index (χ0v) is 14.8. The third kappa shape index (κ3) is 3.93. The highest BCUT2D eigenvalue weighted by Crippen LogP contribution is 2.20. The van der Waals surface area contributed by atoms with Gasteiger partial charge in [0.15, 0.2) is 0 Å². The second-order valence-electron chi connectivity index (χ2n) is 5.86. The van der Waals surface area contributed by atoms with E-state index < -0.39 is 10.0 Å². The van der Waals surface area contributed by atoms with Crippen LogP contribution in [0.2, 0.25) is 0 Å². The van der Waals surface area contributed by atoms with E-state index >= 15 is 0 Å². The summed E-state index contributed by atoms with van der Waals surface area (Å²) in [6, 6.07) is 12.6. The number of anilines is 1. The molecule has 1 N–H and O–H groups in total. The van der Waals surface area contributed by atoms with Gasteiger partial charge in [0.25, 0.3) is 15.9 Å². The maximum Gasteiger partial charge on any atom is 0.261 e. The van der Waals surface area contributed by atoms with Crippen molar-refractivity contribution in [3.05, 3.63) is 54.1 Å². The molecule has 1 saturated heterocycles. The first-order chi connectivity index (χ1) is 12.0. The number of hydrogen-bond donors (Lipinski definition) is 1. The number of benzene rings is 2. The van der Waals surface area contributed by atoms with Crippen molar-refractivity contribution in [2.24, 2.45) is 0 Å². The van der Waals surface area contributed by atoms with E-state index in [4.69, 9.17) is 4.74 Å². The molecule has 0 aromatic heterocycles. The third-order valence-electron chi connectivity index (χ3n) is 4.15. The Morgan fingerprint density at radius 2 is 1.60 bits per heavy atom. The summed E-state index contributed by atoms with van der Waals surface area (Å²) in [5, 5.41) is 0. The first-order valence-corrected chi connectivity index (χ1v) is 9.54. The van der Waals surface area contributed by atoms with E-state index in [0.29, 0.717) is 17.0 Å². The molecular formula is C18H20N2O4S. The Labute approximate surface area is 147 Å². The molecular weight excluding hydrogens is 340 g/mol. The summed E-state index contributed by atoms with van der Waals surface area (Å²) in [7, 11) is -2.17. The molecule has 1 amide bonds. The summed E-state index contributed by atoms with van der Waals surface area (Å²) in [4.78, 5) is 14.3. The van der Waals surface area contributed by atoms with Crippen molar-refractivity contribution in [2.75, 3.05) is 24.9 Å². The molecule has 0 aliphatic carbocycles. The number of methoxy groups -OCH3 is 1. The standard InChI is InChI=1S/C18H20N2O4S/c1-24-16-8-10-17(11-9-16)25(22,23)19-15-6-4-14(5-7-15)18(21)20-12-2-3-13-20/h4-11,19H,2-3,12-13H2,1H3. The molecule has 6 nitrogen and oxygen atoms in total. The van der Waals surface area contributed by atoms with Crippen LogP contribution in [0.3, 0.4) is 0 Å². The van der Waals surface area contributed by atoms with Crippen LogP contribution in [0.4, 0.5) is 5.69 Å². The lowest BCUT2D eigenvalue weighted by atomic mass is 10.2. The van der Waals surface area contributed by atoms with Gasteiger partial charge in [-0.05, 0) is 61.4 Å². The molecule has 0 radical (unpaired) electrons. The Kier molecular flexibility index (Phi) is 4.94. The van der Waals surface area contributed by atoms with Crippen LogP contribution in [0, 0.1) is 0 Å². The topological polar surface area (TPSA) is 75.7 Å². The van der Waals surface area contributed by atoms with Crippen molar-refractivity contribution in [3.63, 3.8) is 0 Å². The van der Waals surface area contributed by atoms with Crippen LogP contribution < -0.4 is 9.46 Å². The molecule has 1 heterocycles. The van der Waals surface area contributed by atoms with E-state index in [1.165, 1.54) is 19.2 Å². The predicted octanol–water partition coefficient (Wildman–Crippen LogP) is 2.73. The molecule has 132 valence electrons. The molecule has 0 bridgehead atoms. The number of likely N-dealkylation sites (tertiary alicyclic amines) is 1. The molecule has 0 atom stereocenters. The van der Waals surface area contributed by atoms with Crippen LogP contribution in [0.1, 0.15) is 23.2 Å². The number of carbonyl (C=O) groups is 1. The number of nitrogens with zero attached hydrogens (tertiary/aromatic N) is 1. The number of sulfonamides is 1. The lowest BCUT2D eigenvalue weighted by molar-refractivity contribution is 0.0793. The minimum Gasteiger partial charge on any atom is -0.497 e. The molecule has 7 heteroatoms. The van der Waals surface area contributed by atoms with Gasteiger partial charge in [-0.3, -0.25) is 9.52 Å². The highest BCUT2D eigenvalue weighted by Gasteiger charge is 2.20. The number of rotatable bonds is 5. The van der Waals surface area contributed by atoms with Crippen molar-refractivity contribution in [2.45, 2.75) is 17.7 Å². The third-order valence-corrected chi connectivity index (χ3v) is 5.54. The number of ether oxygens (including phenoxy) is 1. The lowest BCUT2D eigenvalue weighted by Gasteiger charge is -2.15. The number of carbonyl (C=O) groups excluding carboxylic acids is 1. The van der Waals surface area contributed by atoms with E-state index in [-0.39, 0.29) is 10.8 Å². The second-order valence-corrected chi connectivity index (χ2v) is 7.54. The van der Waals surface area contributed by atoms with Crippen molar-refractivity contribution in [1.82, 2.24) is 4.90 Å². The Balaban J connectivity index is 1.72. The van der Waals surface area contributed by atoms with Gasteiger partial charge in [0.05, 0.1) is 12.0 Å². The second kappa shape index (κ2) is 7.14. The van der Waals surface area contributed by atoms with Gasteiger partial charge in [-0.25, -0.2) is 8.42 Å². The van der Waals surface area contributed by atoms with Gasteiger partial charge in [0.1, 0.15) is 5.75 Å². The fraction of sp³-hybridized carbons (Fsp3) is 0.278. The smallest absolute Gasteiger partial charge is 0.261 e. The Morgan fingerprint density at radius 1 is 1.00 bits per heavy atom. The van der Waals surface area contributed by atoms with Gasteiger partial charge in [0, 0.05) is 24.3 Å². The SMILES string of the molecule is COc1ccc(S(=O)(=O)Nc2ccc(C(=O)N3CCCC3)cc2)cc1. The fourth-order valence-corrected chi connectivity index (χ4v) is 3.81. The van der Waals surface area contributed by atoms with E-state index in [1.54, 1.807) is 36.4 Å². The summed E-state index contributed by atoms with van der Waals surface area (Å²) >= 11 is 0. The molecule has 1 aliphatic heterocycles. The van der Waals surface area contributed by atoms with E-state index in [0.717, 1.165) is 25.9 Å². The number of hydrogen-bond acceptors (Lipinski definition) is 4. The van der Waals surface area contributed by atoms with Crippen molar-refractivity contribution < 1.29 is 17.9 Å². The Morgan fingerprint density at radius 3 is 2.16 bits per heavy atom. The minimum absolute atomic E-state index is 0.0120. The van der Waals surface area contributed by atoms with Gasteiger partial charge >= 0.3 is 0 Å². The van der Waals surface area contributed by atoms with Crippen molar-refractivity contribution >= 4 is 21.6 Å². The monoisotopic (exact) mass is 360 g/mol. The largest absolute Gasteiger partial charge is 0.497 e. The zero-order valence-electron chi connectivity index (χ0n) is 13.9. The summed E-state index contributed by atoms with van der Waals surface area (Å²) in [6.45, 7) is 1.56. The van der Waals surface area contributed by atoms with Crippen molar-refractivity contribution in [1.29, 1.82) is 0 Å². The molecule has 3 rings (SSSR count). The molecule has 25 heavy (non-hydrogen) atoms. The summed E-state index contributed by atoms with van der Waals surface area (Å²) < 4.78 is 32.3. The maximum absolute atomic E-state index is 12.4. The van der Waals surface area contributed by atoms with Crippen LogP contribution in [-0.4, -0.2) is 39.4 Å². The van der Waals surface area contributed by atoms with Crippen LogP contribution in [0.15, 0.2) is 53.4 Å². The lowest BCUT2D eigenvalue weighted by Crippen LogP contribution is -2.27. The van der Waals surface area contributed by atoms with Crippen molar-refractivity contribution in [3.8, 4) is 5.75 Å². The molecule has 2 aromatic rings.